The van der Waals surface area contributed by atoms with Gasteiger partial charge in [-0.05, 0) is 52.0 Å². The predicted octanol–water partition coefficient (Wildman–Crippen LogP) is 2.39. The summed E-state index contributed by atoms with van der Waals surface area (Å²) in [5.41, 5.74) is 0. The lowest BCUT2D eigenvalue weighted by Crippen LogP contribution is -2.41. The minimum Gasteiger partial charge on any atom is -0.374 e. The van der Waals surface area contributed by atoms with E-state index >= 15 is 0 Å². The summed E-state index contributed by atoms with van der Waals surface area (Å²) in [6.07, 6.45) is 8.80. The summed E-state index contributed by atoms with van der Waals surface area (Å²) in [4.78, 5) is 14.5. The van der Waals surface area contributed by atoms with E-state index in [1.165, 1.54) is 32.2 Å². The molecule has 0 N–H and O–H groups in total. The van der Waals surface area contributed by atoms with Crippen LogP contribution in [0.15, 0.2) is 0 Å². The molecule has 3 rings (SSSR count). The van der Waals surface area contributed by atoms with Gasteiger partial charge in [0.15, 0.2) is 0 Å². The maximum Gasteiger partial charge on any atom is 0.137 e. The minimum absolute atomic E-state index is 0.339. The molecule has 0 aromatic rings. The Morgan fingerprint density at radius 3 is 2.78 bits per heavy atom. The highest BCUT2D eigenvalue weighted by molar-refractivity contribution is 5.83. The van der Waals surface area contributed by atoms with Crippen molar-refractivity contribution in [2.75, 3.05) is 13.1 Å². The summed E-state index contributed by atoms with van der Waals surface area (Å²) in [5.74, 6) is 0.860. The number of ketones is 1. The van der Waals surface area contributed by atoms with Gasteiger partial charge in [0.2, 0.25) is 0 Å². The quantitative estimate of drug-likeness (QED) is 0.771. The molecule has 2 saturated heterocycles. The van der Waals surface area contributed by atoms with E-state index in [2.05, 4.69) is 11.8 Å². The number of carbonyl (C=O) groups is 1. The maximum absolute atomic E-state index is 11.9. The first kappa shape index (κ1) is 12.6. The summed E-state index contributed by atoms with van der Waals surface area (Å²) in [6.45, 7) is 4.39. The van der Waals surface area contributed by atoms with Crippen molar-refractivity contribution in [3.63, 3.8) is 0 Å². The number of likely N-dealkylation sites (tertiary alicyclic amines) is 1. The van der Waals surface area contributed by atoms with Crippen LogP contribution < -0.4 is 0 Å². The lowest BCUT2D eigenvalue weighted by molar-refractivity contribution is -0.122. The molecule has 3 fully saturated rings. The molecule has 18 heavy (non-hydrogen) atoms. The van der Waals surface area contributed by atoms with Crippen LogP contribution in [0.5, 0.6) is 0 Å². The Balaban J connectivity index is 1.59. The monoisotopic (exact) mass is 251 g/mol. The van der Waals surface area contributed by atoms with E-state index < -0.39 is 0 Å². The Morgan fingerprint density at radius 1 is 1.22 bits per heavy atom. The van der Waals surface area contributed by atoms with E-state index in [1.807, 2.05) is 0 Å². The maximum atomic E-state index is 11.9. The molecule has 2 heterocycles. The predicted molar refractivity (Wildman–Crippen MR) is 70.5 cm³/mol. The third-order valence-electron chi connectivity index (χ3n) is 4.99. The number of ether oxygens (including phenoxy) is 1. The topological polar surface area (TPSA) is 29.5 Å². The van der Waals surface area contributed by atoms with Crippen LogP contribution in [0.2, 0.25) is 0 Å². The molecular weight excluding hydrogens is 226 g/mol. The van der Waals surface area contributed by atoms with Gasteiger partial charge in [-0.15, -0.1) is 0 Å². The summed E-state index contributed by atoms with van der Waals surface area (Å²) >= 11 is 0. The van der Waals surface area contributed by atoms with Crippen LogP contribution in [-0.2, 0) is 9.53 Å². The zero-order valence-electron chi connectivity index (χ0n) is 11.4. The molecule has 0 radical (unpaired) electrons. The second kappa shape index (κ2) is 5.30. The molecule has 0 amide bonds. The Morgan fingerprint density at radius 2 is 2.11 bits per heavy atom. The van der Waals surface area contributed by atoms with Crippen molar-refractivity contribution in [2.24, 2.45) is 5.92 Å². The number of hydrogen-bond acceptors (Lipinski definition) is 3. The number of rotatable bonds is 3. The van der Waals surface area contributed by atoms with Crippen molar-refractivity contribution in [1.29, 1.82) is 0 Å². The van der Waals surface area contributed by atoms with Crippen LogP contribution in [0.1, 0.15) is 51.9 Å². The Kier molecular flexibility index (Phi) is 3.71. The highest BCUT2D eigenvalue weighted by Crippen LogP contribution is 2.34. The Labute approximate surface area is 110 Å². The second-order valence-electron chi connectivity index (χ2n) is 6.32. The van der Waals surface area contributed by atoms with Crippen molar-refractivity contribution in [1.82, 2.24) is 4.90 Å². The summed E-state index contributed by atoms with van der Waals surface area (Å²) in [5, 5.41) is 0. The molecule has 3 nitrogen and oxygen atoms in total. The molecule has 102 valence electrons. The standard InChI is InChI=1S/C15H25NO2/c1-11-7-8-12(18-11)10-16-9-3-5-14(16)13-4-2-6-15(13)17/h11-14H,2-10H2,1H3. The summed E-state index contributed by atoms with van der Waals surface area (Å²) < 4.78 is 5.93. The third kappa shape index (κ3) is 2.48. The van der Waals surface area contributed by atoms with Gasteiger partial charge in [-0.25, -0.2) is 0 Å². The van der Waals surface area contributed by atoms with Gasteiger partial charge in [0.1, 0.15) is 5.78 Å². The highest BCUT2D eigenvalue weighted by atomic mass is 16.5. The first-order valence-corrected chi connectivity index (χ1v) is 7.66. The first-order valence-electron chi connectivity index (χ1n) is 7.66. The second-order valence-corrected chi connectivity index (χ2v) is 6.32. The molecule has 0 spiro atoms. The van der Waals surface area contributed by atoms with Crippen molar-refractivity contribution in [3.05, 3.63) is 0 Å². The molecule has 0 aromatic carbocycles. The van der Waals surface area contributed by atoms with Crippen LogP contribution in [0.3, 0.4) is 0 Å². The normalized spacial score (nSPS) is 41.9. The van der Waals surface area contributed by atoms with Gasteiger partial charge in [-0.1, -0.05) is 0 Å². The fraction of sp³-hybridized carbons (Fsp3) is 0.933. The molecule has 0 bridgehead atoms. The number of hydrogen-bond donors (Lipinski definition) is 0. The molecule has 4 atom stereocenters. The zero-order valence-corrected chi connectivity index (χ0v) is 11.4. The van der Waals surface area contributed by atoms with Crippen LogP contribution >= 0.6 is 0 Å². The molecule has 0 aromatic heterocycles. The highest BCUT2D eigenvalue weighted by Gasteiger charge is 2.39. The summed E-state index contributed by atoms with van der Waals surface area (Å²) in [7, 11) is 0. The largest absolute Gasteiger partial charge is 0.374 e. The van der Waals surface area contributed by atoms with Crippen molar-refractivity contribution in [2.45, 2.75) is 70.1 Å². The molecule has 1 aliphatic carbocycles. The number of nitrogens with zero attached hydrogens (tertiary/aromatic N) is 1. The lowest BCUT2D eigenvalue weighted by Gasteiger charge is -2.30. The van der Waals surface area contributed by atoms with Gasteiger partial charge in [0.25, 0.3) is 0 Å². The van der Waals surface area contributed by atoms with Gasteiger partial charge < -0.3 is 4.74 Å². The fourth-order valence-corrected chi connectivity index (χ4v) is 4.06. The first-order chi connectivity index (χ1) is 8.74. The average molecular weight is 251 g/mol. The minimum atomic E-state index is 0.339. The molecule has 2 aliphatic heterocycles. The lowest BCUT2D eigenvalue weighted by atomic mass is 9.95. The number of Topliss-reactive ketones (excluding diaryl/α,β-unsaturated/α-hetero) is 1. The molecular formula is C15H25NO2. The zero-order chi connectivity index (χ0) is 12.5. The molecule has 4 unspecified atom stereocenters. The van der Waals surface area contributed by atoms with Gasteiger partial charge in [-0.3, -0.25) is 9.69 Å². The molecule has 3 aliphatic rings. The van der Waals surface area contributed by atoms with E-state index in [9.17, 15) is 4.79 Å². The van der Waals surface area contributed by atoms with Crippen molar-refractivity contribution in [3.8, 4) is 0 Å². The van der Waals surface area contributed by atoms with E-state index in [0.29, 0.717) is 30.0 Å². The van der Waals surface area contributed by atoms with Crippen LogP contribution in [-0.4, -0.2) is 42.0 Å². The van der Waals surface area contributed by atoms with Crippen molar-refractivity contribution >= 4 is 5.78 Å². The van der Waals surface area contributed by atoms with Crippen LogP contribution in [0.4, 0.5) is 0 Å². The van der Waals surface area contributed by atoms with E-state index in [4.69, 9.17) is 4.74 Å². The van der Waals surface area contributed by atoms with Gasteiger partial charge in [-0.2, -0.15) is 0 Å². The smallest absolute Gasteiger partial charge is 0.137 e. The van der Waals surface area contributed by atoms with Crippen molar-refractivity contribution < 1.29 is 9.53 Å². The van der Waals surface area contributed by atoms with E-state index in [-0.39, 0.29) is 0 Å². The van der Waals surface area contributed by atoms with Gasteiger partial charge in [0.05, 0.1) is 12.2 Å². The van der Waals surface area contributed by atoms with Crippen LogP contribution in [0.25, 0.3) is 0 Å². The Bertz CT molecular complexity index is 318. The van der Waals surface area contributed by atoms with Gasteiger partial charge >= 0.3 is 0 Å². The SMILES string of the molecule is CC1CCC(CN2CCCC2C2CCCC2=O)O1. The Hall–Kier alpha value is -0.410. The van der Waals surface area contributed by atoms with Gasteiger partial charge in [0, 0.05) is 24.9 Å². The average Bonchev–Trinajstić information content (AvgIpc) is 3.02. The van der Waals surface area contributed by atoms with E-state index in [0.717, 1.165) is 25.8 Å². The van der Waals surface area contributed by atoms with E-state index in [1.54, 1.807) is 0 Å². The molecule has 1 saturated carbocycles. The summed E-state index contributed by atoms with van der Waals surface area (Å²) in [6, 6.07) is 0.527. The fourth-order valence-electron chi connectivity index (χ4n) is 4.06. The molecule has 3 heteroatoms. The number of carbonyl (C=O) groups excluding carboxylic acids is 1. The third-order valence-corrected chi connectivity index (χ3v) is 4.99. The van der Waals surface area contributed by atoms with Crippen LogP contribution in [0, 0.1) is 5.92 Å².